The lowest BCUT2D eigenvalue weighted by atomic mass is 10.1. The predicted molar refractivity (Wildman–Crippen MR) is 93.0 cm³/mol. The smallest absolute Gasteiger partial charge is 0.232 e. The maximum atomic E-state index is 13.9. The number of halogens is 1. The molecule has 1 aliphatic rings. The van der Waals surface area contributed by atoms with Crippen LogP contribution in [0, 0.1) is 5.82 Å². The zero-order valence-electron chi connectivity index (χ0n) is 14.4. The van der Waals surface area contributed by atoms with Gasteiger partial charge >= 0.3 is 0 Å². The van der Waals surface area contributed by atoms with Gasteiger partial charge in [-0.25, -0.2) is 9.37 Å². The molecule has 0 saturated heterocycles. The Morgan fingerprint density at radius 2 is 1.96 bits per heavy atom. The summed E-state index contributed by atoms with van der Waals surface area (Å²) in [5.74, 6) is 0.405. The minimum Gasteiger partial charge on any atom is -0.474 e. The van der Waals surface area contributed by atoms with Crippen LogP contribution in [0.25, 0.3) is 0 Å². The van der Waals surface area contributed by atoms with E-state index in [1.54, 1.807) is 18.5 Å². The molecule has 0 unspecified atom stereocenters. The highest BCUT2D eigenvalue weighted by molar-refractivity contribution is 5.17. The first-order valence-electron chi connectivity index (χ1n) is 8.78. The standard InChI is InChI=1S/C19H24FN3O2/c20-18-7-2-1-5-16(18)15-23-8-4-3-6-17-13-21-14-19(22-17)25-12-11-24-10-9-23/h1-2,5,7,13-14H,3-4,6,8-12,15H2. The van der Waals surface area contributed by atoms with Crippen LogP contribution in [0.1, 0.15) is 24.1 Å². The number of aryl methyl sites for hydroxylation is 1. The lowest BCUT2D eigenvalue weighted by molar-refractivity contribution is 0.0756. The monoisotopic (exact) mass is 345 g/mol. The fourth-order valence-corrected chi connectivity index (χ4v) is 2.86. The van der Waals surface area contributed by atoms with Gasteiger partial charge in [-0.2, -0.15) is 0 Å². The minimum atomic E-state index is -0.150. The molecule has 134 valence electrons. The van der Waals surface area contributed by atoms with Crippen LogP contribution in [-0.4, -0.2) is 47.8 Å². The second kappa shape index (κ2) is 9.44. The van der Waals surface area contributed by atoms with E-state index in [9.17, 15) is 4.39 Å². The number of rotatable bonds is 2. The first-order valence-corrected chi connectivity index (χ1v) is 8.78. The number of nitrogens with zero attached hydrogens (tertiary/aromatic N) is 3. The Kier molecular flexibility index (Phi) is 6.71. The van der Waals surface area contributed by atoms with E-state index in [1.807, 2.05) is 12.1 Å². The Bertz CT molecular complexity index is 669. The van der Waals surface area contributed by atoms with Crippen LogP contribution in [-0.2, 0) is 17.7 Å². The van der Waals surface area contributed by atoms with Crippen molar-refractivity contribution >= 4 is 0 Å². The molecule has 6 heteroatoms. The number of benzene rings is 1. The van der Waals surface area contributed by atoms with Crippen LogP contribution in [0.5, 0.6) is 5.88 Å². The van der Waals surface area contributed by atoms with Crippen molar-refractivity contribution in [2.45, 2.75) is 25.8 Å². The van der Waals surface area contributed by atoms with Gasteiger partial charge in [0.15, 0.2) is 0 Å². The Labute approximate surface area is 147 Å². The third-order valence-corrected chi connectivity index (χ3v) is 4.20. The largest absolute Gasteiger partial charge is 0.474 e. The predicted octanol–water partition coefficient (Wildman–Crippen LogP) is 2.85. The van der Waals surface area contributed by atoms with E-state index >= 15 is 0 Å². The van der Waals surface area contributed by atoms with Gasteiger partial charge in [0.2, 0.25) is 5.88 Å². The van der Waals surface area contributed by atoms with Crippen molar-refractivity contribution in [1.82, 2.24) is 14.9 Å². The summed E-state index contributed by atoms with van der Waals surface area (Å²) in [5, 5.41) is 0. The quantitative estimate of drug-likeness (QED) is 0.838. The summed E-state index contributed by atoms with van der Waals surface area (Å²) >= 11 is 0. The van der Waals surface area contributed by atoms with Gasteiger partial charge in [0.25, 0.3) is 0 Å². The highest BCUT2D eigenvalue weighted by Crippen LogP contribution is 2.12. The van der Waals surface area contributed by atoms with Crippen LogP contribution >= 0.6 is 0 Å². The summed E-state index contributed by atoms with van der Waals surface area (Å²) in [4.78, 5) is 10.9. The first-order chi connectivity index (χ1) is 12.3. The molecule has 0 radical (unpaired) electrons. The van der Waals surface area contributed by atoms with Crippen LogP contribution < -0.4 is 4.74 Å². The van der Waals surface area contributed by atoms with E-state index in [-0.39, 0.29) is 5.82 Å². The third kappa shape index (κ3) is 5.76. The van der Waals surface area contributed by atoms with E-state index in [1.165, 1.54) is 6.07 Å². The maximum absolute atomic E-state index is 13.9. The Morgan fingerprint density at radius 3 is 2.88 bits per heavy atom. The van der Waals surface area contributed by atoms with Crippen molar-refractivity contribution < 1.29 is 13.9 Å². The van der Waals surface area contributed by atoms with Gasteiger partial charge < -0.3 is 9.47 Å². The molecule has 5 nitrogen and oxygen atoms in total. The molecule has 1 aromatic heterocycles. The number of hydrogen-bond acceptors (Lipinski definition) is 5. The molecule has 1 aliphatic heterocycles. The number of aromatic nitrogens is 2. The van der Waals surface area contributed by atoms with Gasteiger partial charge in [-0.1, -0.05) is 18.2 Å². The normalized spacial score (nSPS) is 17.5. The SMILES string of the molecule is Fc1ccccc1CN1CCCCc2cncc(n2)OCCOCC1. The van der Waals surface area contributed by atoms with Gasteiger partial charge in [0, 0.05) is 24.8 Å². The molecular weight excluding hydrogens is 321 g/mol. The lowest BCUT2D eigenvalue weighted by Gasteiger charge is -2.23. The van der Waals surface area contributed by atoms with E-state index in [0.717, 1.165) is 43.6 Å². The van der Waals surface area contributed by atoms with Crippen LogP contribution in [0.15, 0.2) is 36.7 Å². The first kappa shape index (κ1) is 17.8. The van der Waals surface area contributed by atoms with Crippen molar-refractivity contribution in [2.24, 2.45) is 0 Å². The van der Waals surface area contributed by atoms with Gasteiger partial charge in [-0.15, -0.1) is 0 Å². The Hall–Kier alpha value is -2.05. The zero-order chi connectivity index (χ0) is 17.3. The topological polar surface area (TPSA) is 47.5 Å². The second-order valence-electron chi connectivity index (χ2n) is 6.13. The number of ether oxygens (including phenoxy) is 2. The van der Waals surface area contributed by atoms with Crippen molar-refractivity contribution in [3.05, 3.63) is 53.7 Å². The van der Waals surface area contributed by atoms with E-state index < -0.39 is 0 Å². The fraction of sp³-hybridized carbons (Fsp3) is 0.474. The van der Waals surface area contributed by atoms with Crippen LogP contribution in [0.2, 0.25) is 0 Å². The molecule has 0 N–H and O–H groups in total. The molecule has 0 saturated carbocycles. The summed E-state index contributed by atoms with van der Waals surface area (Å²) in [6.45, 7) is 3.83. The second-order valence-corrected chi connectivity index (χ2v) is 6.13. The van der Waals surface area contributed by atoms with E-state index in [0.29, 0.717) is 32.2 Å². The molecule has 2 heterocycles. The summed E-state index contributed by atoms with van der Waals surface area (Å²) in [6.07, 6.45) is 6.31. The van der Waals surface area contributed by atoms with Gasteiger partial charge in [0.05, 0.1) is 25.1 Å². The molecule has 25 heavy (non-hydrogen) atoms. The molecule has 0 fully saturated rings. The van der Waals surface area contributed by atoms with Gasteiger partial charge in [-0.05, 0) is 31.9 Å². The maximum Gasteiger partial charge on any atom is 0.232 e. The van der Waals surface area contributed by atoms with Crippen LogP contribution in [0.3, 0.4) is 0 Å². The molecule has 0 amide bonds. The number of fused-ring (bicyclic) bond motifs is 2. The Balaban J connectivity index is 1.60. The molecular formula is C19H24FN3O2. The highest BCUT2D eigenvalue weighted by Gasteiger charge is 2.10. The number of hydrogen-bond donors (Lipinski definition) is 0. The average Bonchev–Trinajstić information content (AvgIpc) is 2.63. The Morgan fingerprint density at radius 1 is 1.04 bits per heavy atom. The van der Waals surface area contributed by atoms with Crippen molar-refractivity contribution in [3.8, 4) is 5.88 Å². The molecule has 1 aromatic carbocycles. The lowest BCUT2D eigenvalue weighted by Crippen LogP contribution is -2.29. The molecule has 0 spiro atoms. The summed E-state index contributed by atoms with van der Waals surface area (Å²) in [6, 6.07) is 6.96. The fourth-order valence-electron chi connectivity index (χ4n) is 2.86. The molecule has 2 bridgehead atoms. The summed E-state index contributed by atoms with van der Waals surface area (Å²) in [5.41, 5.74) is 1.67. The molecule has 0 aliphatic carbocycles. The van der Waals surface area contributed by atoms with Gasteiger partial charge in [-0.3, -0.25) is 9.88 Å². The molecule has 2 aromatic rings. The minimum absolute atomic E-state index is 0.150. The van der Waals surface area contributed by atoms with Gasteiger partial charge in [0.1, 0.15) is 12.4 Å². The molecule has 3 rings (SSSR count). The van der Waals surface area contributed by atoms with E-state index in [2.05, 4.69) is 14.9 Å². The van der Waals surface area contributed by atoms with Crippen molar-refractivity contribution in [3.63, 3.8) is 0 Å². The van der Waals surface area contributed by atoms with Crippen LogP contribution in [0.4, 0.5) is 4.39 Å². The summed E-state index contributed by atoms with van der Waals surface area (Å²) in [7, 11) is 0. The average molecular weight is 345 g/mol. The summed E-state index contributed by atoms with van der Waals surface area (Å²) < 4.78 is 25.1. The molecule has 0 atom stereocenters. The highest BCUT2D eigenvalue weighted by atomic mass is 19.1. The van der Waals surface area contributed by atoms with Crippen molar-refractivity contribution in [2.75, 3.05) is 32.9 Å². The zero-order valence-corrected chi connectivity index (χ0v) is 14.4. The van der Waals surface area contributed by atoms with Crippen molar-refractivity contribution in [1.29, 1.82) is 0 Å². The van der Waals surface area contributed by atoms with E-state index in [4.69, 9.17) is 9.47 Å². The third-order valence-electron chi connectivity index (χ3n) is 4.20.